The molecule has 0 bridgehead atoms. The Morgan fingerprint density at radius 2 is 2.23 bits per heavy atom. The summed E-state index contributed by atoms with van der Waals surface area (Å²) in [5.74, 6) is 0.328. The Labute approximate surface area is 136 Å². The van der Waals surface area contributed by atoms with Crippen molar-refractivity contribution in [2.75, 3.05) is 7.11 Å². The van der Waals surface area contributed by atoms with Gasteiger partial charge in [-0.25, -0.2) is 4.79 Å². The number of nitrogens with one attached hydrogen (secondary N) is 1. The van der Waals surface area contributed by atoms with Crippen molar-refractivity contribution in [1.29, 1.82) is 0 Å². The van der Waals surface area contributed by atoms with Gasteiger partial charge in [0.15, 0.2) is 16.6 Å². The van der Waals surface area contributed by atoms with Gasteiger partial charge in [0.1, 0.15) is 4.88 Å². The summed E-state index contributed by atoms with van der Waals surface area (Å²) in [6.07, 6.45) is 1.52. The maximum Gasteiger partial charge on any atom is 0.353 e. The second-order valence-corrected chi connectivity index (χ2v) is 5.40. The lowest BCUT2D eigenvalue weighted by molar-refractivity contribution is 0.0735. The van der Waals surface area contributed by atoms with Gasteiger partial charge in [0, 0.05) is 0 Å². The van der Waals surface area contributed by atoms with Crippen molar-refractivity contribution in [3.8, 4) is 11.5 Å². The van der Waals surface area contributed by atoms with Crippen LogP contribution in [-0.2, 0) is 0 Å². The number of rotatable bonds is 5. The van der Waals surface area contributed by atoms with Crippen LogP contribution in [0.3, 0.4) is 0 Å². The van der Waals surface area contributed by atoms with E-state index in [0.717, 1.165) is 5.56 Å². The minimum atomic E-state index is -0.426. The highest BCUT2D eigenvalue weighted by Crippen LogP contribution is 2.28. The van der Waals surface area contributed by atoms with Crippen molar-refractivity contribution in [3.05, 3.63) is 46.2 Å². The number of carbonyl (C=O) groups is 1. The van der Waals surface area contributed by atoms with Gasteiger partial charge in [-0.15, -0.1) is 11.3 Å². The number of thiophene rings is 1. The Kier molecular flexibility index (Phi) is 5.45. The van der Waals surface area contributed by atoms with E-state index in [1.54, 1.807) is 30.3 Å². The third kappa shape index (κ3) is 4.27. The summed E-state index contributed by atoms with van der Waals surface area (Å²) in [6, 6.07) is 8.52. The largest absolute Gasteiger partial charge is 0.493 e. The molecule has 2 rings (SSSR count). The number of carbonyl (C=O) groups excluding carboxylic acids is 1. The monoisotopic (exact) mass is 335 g/mol. The lowest BCUT2D eigenvalue weighted by Crippen LogP contribution is -2.23. The minimum Gasteiger partial charge on any atom is -0.493 e. The highest BCUT2D eigenvalue weighted by atomic mass is 32.1. The molecule has 0 aliphatic rings. The van der Waals surface area contributed by atoms with Gasteiger partial charge in [0.25, 0.3) is 0 Å². The first-order valence-corrected chi connectivity index (χ1v) is 7.41. The fourth-order valence-corrected chi connectivity index (χ4v) is 2.22. The van der Waals surface area contributed by atoms with E-state index in [2.05, 4.69) is 22.7 Å². The maximum atomic E-state index is 11.9. The number of hydrazone groups is 1. The van der Waals surface area contributed by atoms with Crippen LogP contribution in [0.25, 0.3) is 0 Å². The number of hydrogen-bond acceptors (Lipinski definition) is 6. The van der Waals surface area contributed by atoms with Crippen molar-refractivity contribution in [3.63, 3.8) is 0 Å². The molecule has 0 atom stereocenters. The zero-order chi connectivity index (χ0) is 15.9. The molecule has 114 valence electrons. The zero-order valence-electron chi connectivity index (χ0n) is 11.6. The van der Waals surface area contributed by atoms with E-state index in [4.69, 9.17) is 15.2 Å². The second-order valence-electron chi connectivity index (χ2n) is 4.01. The summed E-state index contributed by atoms with van der Waals surface area (Å²) >= 11 is 5.95. The third-order valence-corrected chi connectivity index (χ3v) is 3.44. The van der Waals surface area contributed by atoms with Crippen LogP contribution in [0.4, 0.5) is 0 Å². The Bertz CT molecular complexity index is 699. The molecule has 6 nitrogen and oxygen atoms in total. The molecule has 1 aromatic carbocycles. The normalized spacial score (nSPS) is 10.4. The molecule has 0 fully saturated rings. The van der Waals surface area contributed by atoms with Gasteiger partial charge in [-0.3, -0.25) is 5.43 Å². The summed E-state index contributed by atoms with van der Waals surface area (Å²) in [5, 5.41) is 5.73. The van der Waals surface area contributed by atoms with Crippen molar-refractivity contribution in [2.45, 2.75) is 0 Å². The number of esters is 1. The summed E-state index contributed by atoms with van der Waals surface area (Å²) in [5.41, 5.74) is 8.45. The molecule has 0 amide bonds. The van der Waals surface area contributed by atoms with E-state index >= 15 is 0 Å². The number of ether oxygens (including phenoxy) is 2. The predicted molar refractivity (Wildman–Crippen MR) is 89.8 cm³/mol. The van der Waals surface area contributed by atoms with E-state index < -0.39 is 5.97 Å². The SMILES string of the molecule is COc1cc(/C=N\NC(N)=S)ccc1OC(=O)c1cccs1. The standard InChI is InChI=1S/C14H13N3O3S2/c1-19-11-7-9(8-16-17-14(15)21)4-5-10(11)20-13(18)12-3-2-6-22-12/h2-8H,1H3,(H3,15,17,21)/b16-8-. The van der Waals surface area contributed by atoms with Crippen LogP contribution in [0.2, 0.25) is 0 Å². The number of nitrogens with zero attached hydrogens (tertiary/aromatic N) is 1. The number of methoxy groups -OCH3 is 1. The fourth-order valence-electron chi connectivity index (χ4n) is 1.56. The first kappa shape index (κ1) is 15.9. The molecule has 1 aromatic heterocycles. The van der Waals surface area contributed by atoms with Crippen LogP contribution >= 0.6 is 23.6 Å². The van der Waals surface area contributed by atoms with Crippen molar-refractivity contribution in [2.24, 2.45) is 10.8 Å². The summed E-state index contributed by atoms with van der Waals surface area (Å²) in [4.78, 5) is 12.5. The average molecular weight is 335 g/mol. The average Bonchev–Trinajstić information content (AvgIpc) is 3.02. The summed E-state index contributed by atoms with van der Waals surface area (Å²) in [7, 11) is 1.49. The molecular formula is C14H13N3O3S2. The summed E-state index contributed by atoms with van der Waals surface area (Å²) < 4.78 is 10.5. The lowest BCUT2D eigenvalue weighted by atomic mass is 10.2. The molecule has 0 aliphatic carbocycles. The lowest BCUT2D eigenvalue weighted by Gasteiger charge is -2.09. The Morgan fingerprint density at radius 3 is 2.86 bits per heavy atom. The van der Waals surface area contributed by atoms with E-state index in [1.165, 1.54) is 24.7 Å². The topological polar surface area (TPSA) is 85.9 Å². The van der Waals surface area contributed by atoms with Gasteiger partial charge in [0.05, 0.1) is 13.3 Å². The molecule has 2 aromatic rings. The Morgan fingerprint density at radius 1 is 1.41 bits per heavy atom. The number of hydrogen-bond donors (Lipinski definition) is 2. The van der Waals surface area contributed by atoms with E-state index in [0.29, 0.717) is 16.4 Å². The highest BCUT2D eigenvalue weighted by Gasteiger charge is 2.13. The molecule has 0 radical (unpaired) electrons. The van der Waals surface area contributed by atoms with Crippen LogP contribution in [0.1, 0.15) is 15.2 Å². The Hall–Kier alpha value is -2.45. The summed E-state index contributed by atoms with van der Waals surface area (Å²) in [6.45, 7) is 0. The van der Waals surface area contributed by atoms with Crippen LogP contribution in [0.15, 0.2) is 40.8 Å². The molecule has 0 saturated heterocycles. The Balaban J connectivity index is 2.14. The number of benzene rings is 1. The minimum absolute atomic E-state index is 0.0738. The van der Waals surface area contributed by atoms with Crippen LogP contribution in [-0.4, -0.2) is 24.4 Å². The number of thiocarbonyl (C=S) groups is 1. The van der Waals surface area contributed by atoms with Gasteiger partial charge in [-0.2, -0.15) is 5.10 Å². The molecule has 0 aliphatic heterocycles. The van der Waals surface area contributed by atoms with E-state index in [-0.39, 0.29) is 5.11 Å². The van der Waals surface area contributed by atoms with Gasteiger partial charge < -0.3 is 15.2 Å². The first-order chi connectivity index (χ1) is 10.6. The molecule has 0 unspecified atom stereocenters. The van der Waals surface area contributed by atoms with E-state index in [1.807, 2.05) is 5.38 Å². The zero-order valence-corrected chi connectivity index (χ0v) is 13.2. The van der Waals surface area contributed by atoms with Crippen molar-refractivity contribution < 1.29 is 14.3 Å². The van der Waals surface area contributed by atoms with Gasteiger partial charge in [0.2, 0.25) is 0 Å². The van der Waals surface area contributed by atoms with Gasteiger partial charge in [-0.05, 0) is 47.4 Å². The fraction of sp³-hybridized carbons (Fsp3) is 0.0714. The van der Waals surface area contributed by atoms with Gasteiger partial charge >= 0.3 is 5.97 Å². The molecule has 8 heteroatoms. The molecule has 0 spiro atoms. The first-order valence-electron chi connectivity index (χ1n) is 6.12. The van der Waals surface area contributed by atoms with Crippen molar-refractivity contribution >= 4 is 40.9 Å². The highest BCUT2D eigenvalue weighted by molar-refractivity contribution is 7.80. The molecule has 0 saturated carbocycles. The predicted octanol–water partition coefficient (Wildman–Crippen LogP) is 2.14. The third-order valence-electron chi connectivity index (χ3n) is 2.50. The maximum absolute atomic E-state index is 11.9. The van der Waals surface area contributed by atoms with Crippen LogP contribution in [0, 0.1) is 0 Å². The number of nitrogens with two attached hydrogens (primary N) is 1. The van der Waals surface area contributed by atoms with Crippen LogP contribution in [0.5, 0.6) is 11.5 Å². The quantitative estimate of drug-likeness (QED) is 0.286. The van der Waals surface area contributed by atoms with E-state index in [9.17, 15) is 4.79 Å². The molecule has 3 N–H and O–H groups in total. The molecular weight excluding hydrogens is 322 g/mol. The molecule has 22 heavy (non-hydrogen) atoms. The van der Waals surface area contributed by atoms with Crippen LogP contribution < -0.4 is 20.6 Å². The van der Waals surface area contributed by atoms with Crippen molar-refractivity contribution in [1.82, 2.24) is 5.43 Å². The van der Waals surface area contributed by atoms with Gasteiger partial charge in [-0.1, -0.05) is 6.07 Å². The molecule has 1 heterocycles. The second kappa shape index (κ2) is 7.53. The smallest absolute Gasteiger partial charge is 0.353 e.